The summed E-state index contributed by atoms with van der Waals surface area (Å²) in [6, 6.07) is 8.61. The van der Waals surface area contributed by atoms with E-state index in [0.29, 0.717) is 0 Å². The van der Waals surface area contributed by atoms with Crippen LogP contribution in [-0.2, 0) is 15.9 Å². The molecule has 1 N–H and O–H groups in total. The van der Waals surface area contributed by atoms with E-state index in [2.05, 4.69) is 36.5 Å². The van der Waals surface area contributed by atoms with Gasteiger partial charge in [0.25, 0.3) is 0 Å². The molecule has 0 amide bonds. The third-order valence-electron chi connectivity index (χ3n) is 2.56. The number of rotatable bonds is 9. The number of ether oxygens (including phenoxy) is 2. The molecule has 0 saturated heterocycles. The lowest BCUT2D eigenvalue weighted by atomic mass is 10.1. The van der Waals surface area contributed by atoms with E-state index in [1.54, 1.807) is 7.11 Å². The molecule has 0 aromatic heterocycles. The maximum Gasteiger partial charge on any atom is 0.0591 e. The highest BCUT2D eigenvalue weighted by molar-refractivity contribution is 5.21. The van der Waals surface area contributed by atoms with Crippen molar-refractivity contribution < 1.29 is 9.47 Å². The summed E-state index contributed by atoms with van der Waals surface area (Å²) in [5.74, 6) is 0. The maximum atomic E-state index is 5.54. The van der Waals surface area contributed by atoms with Crippen molar-refractivity contribution in [2.75, 3.05) is 40.0 Å². The third-order valence-corrected chi connectivity index (χ3v) is 2.56. The fraction of sp³-hybridized carbons (Fsp3) is 0.571. The molecule has 1 aromatic carbocycles. The van der Waals surface area contributed by atoms with Gasteiger partial charge in [-0.15, -0.1) is 0 Å². The van der Waals surface area contributed by atoms with Gasteiger partial charge in [0.2, 0.25) is 0 Å². The van der Waals surface area contributed by atoms with E-state index < -0.39 is 0 Å². The second kappa shape index (κ2) is 9.16. The highest BCUT2D eigenvalue weighted by atomic mass is 16.5. The van der Waals surface area contributed by atoms with Gasteiger partial charge in [-0.25, -0.2) is 0 Å². The first kappa shape index (κ1) is 14.2. The van der Waals surface area contributed by atoms with Crippen molar-refractivity contribution in [2.45, 2.75) is 13.3 Å². The molecular formula is C14H23NO2. The van der Waals surface area contributed by atoms with Crippen LogP contribution < -0.4 is 5.32 Å². The molecule has 0 unspecified atom stereocenters. The first-order chi connectivity index (χ1) is 8.33. The van der Waals surface area contributed by atoms with Gasteiger partial charge < -0.3 is 14.8 Å². The van der Waals surface area contributed by atoms with E-state index in [0.717, 1.165) is 39.3 Å². The third kappa shape index (κ3) is 7.10. The second-order valence-corrected chi connectivity index (χ2v) is 4.09. The second-order valence-electron chi connectivity index (χ2n) is 4.09. The van der Waals surface area contributed by atoms with Gasteiger partial charge in [-0.1, -0.05) is 29.8 Å². The molecule has 0 radical (unpaired) electrons. The SMILES string of the molecule is COCCNCCOCCc1ccc(C)cc1. The van der Waals surface area contributed by atoms with Gasteiger partial charge in [0.15, 0.2) is 0 Å². The van der Waals surface area contributed by atoms with Gasteiger partial charge >= 0.3 is 0 Å². The molecule has 96 valence electrons. The van der Waals surface area contributed by atoms with Crippen molar-refractivity contribution in [1.29, 1.82) is 0 Å². The highest BCUT2D eigenvalue weighted by Gasteiger charge is 1.93. The van der Waals surface area contributed by atoms with E-state index >= 15 is 0 Å². The number of nitrogens with one attached hydrogen (secondary N) is 1. The van der Waals surface area contributed by atoms with Gasteiger partial charge in [0, 0.05) is 20.2 Å². The lowest BCUT2D eigenvalue weighted by Crippen LogP contribution is -2.23. The Bertz CT molecular complexity index is 285. The summed E-state index contributed by atoms with van der Waals surface area (Å²) in [5.41, 5.74) is 2.64. The van der Waals surface area contributed by atoms with Crippen LogP contribution in [0.1, 0.15) is 11.1 Å². The van der Waals surface area contributed by atoms with E-state index in [4.69, 9.17) is 9.47 Å². The smallest absolute Gasteiger partial charge is 0.0591 e. The molecule has 0 aliphatic heterocycles. The molecule has 0 aliphatic rings. The summed E-state index contributed by atoms with van der Waals surface area (Å²) < 4.78 is 10.5. The molecule has 0 bridgehead atoms. The first-order valence-corrected chi connectivity index (χ1v) is 6.16. The molecule has 0 atom stereocenters. The number of methoxy groups -OCH3 is 1. The Labute approximate surface area is 104 Å². The molecule has 0 spiro atoms. The molecule has 3 heteroatoms. The molecule has 0 saturated carbocycles. The van der Waals surface area contributed by atoms with E-state index in [-0.39, 0.29) is 0 Å². The lowest BCUT2D eigenvalue weighted by molar-refractivity contribution is 0.135. The molecule has 1 rings (SSSR count). The predicted molar refractivity (Wildman–Crippen MR) is 70.4 cm³/mol. The van der Waals surface area contributed by atoms with Crippen LogP contribution in [0.3, 0.4) is 0 Å². The van der Waals surface area contributed by atoms with Crippen molar-refractivity contribution in [3.8, 4) is 0 Å². The Hall–Kier alpha value is -0.900. The van der Waals surface area contributed by atoms with Gasteiger partial charge in [0.1, 0.15) is 0 Å². The Balaban J connectivity index is 1.95. The van der Waals surface area contributed by atoms with Gasteiger partial charge in [-0.2, -0.15) is 0 Å². The topological polar surface area (TPSA) is 30.5 Å². The quantitative estimate of drug-likeness (QED) is 0.664. The number of benzene rings is 1. The molecule has 0 fully saturated rings. The Morgan fingerprint density at radius 2 is 1.71 bits per heavy atom. The van der Waals surface area contributed by atoms with Crippen LogP contribution in [0.2, 0.25) is 0 Å². The fourth-order valence-electron chi connectivity index (χ4n) is 1.49. The highest BCUT2D eigenvalue weighted by Crippen LogP contribution is 2.03. The summed E-state index contributed by atoms with van der Waals surface area (Å²) >= 11 is 0. The Morgan fingerprint density at radius 3 is 2.41 bits per heavy atom. The molecule has 3 nitrogen and oxygen atoms in total. The average Bonchev–Trinajstić information content (AvgIpc) is 2.35. The Morgan fingerprint density at radius 1 is 1.00 bits per heavy atom. The van der Waals surface area contributed by atoms with Crippen molar-refractivity contribution in [3.63, 3.8) is 0 Å². The molecule has 17 heavy (non-hydrogen) atoms. The van der Waals surface area contributed by atoms with E-state index in [1.807, 2.05) is 0 Å². The largest absolute Gasteiger partial charge is 0.383 e. The van der Waals surface area contributed by atoms with Crippen LogP contribution >= 0.6 is 0 Å². The molecular weight excluding hydrogens is 214 g/mol. The normalized spacial score (nSPS) is 10.7. The van der Waals surface area contributed by atoms with Crippen LogP contribution in [-0.4, -0.2) is 40.0 Å². The average molecular weight is 237 g/mol. The predicted octanol–water partition coefficient (Wildman–Crippen LogP) is 1.79. The summed E-state index contributed by atoms with van der Waals surface area (Å²) in [6.07, 6.45) is 0.984. The van der Waals surface area contributed by atoms with Crippen molar-refractivity contribution >= 4 is 0 Å². The van der Waals surface area contributed by atoms with Crippen LogP contribution in [0.5, 0.6) is 0 Å². The summed E-state index contributed by atoms with van der Waals surface area (Å²) in [7, 11) is 1.71. The number of aryl methyl sites for hydroxylation is 1. The zero-order chi connectivity index (χ0) is 12.3. The van der Waals surface area contributed by atoms with Crippen LogP contribution in [0.15, 0.2) is 24.3 Å². The van der Waals surface area contributed by atoms with E-state index in [1.165, 1.54) is 11.1 Å². The van der Waals surface area contributed by atoms with Gasteiger partial charge in [-0.05, 0) is 18.9 Å². The first-order valence-electron chi connectivity index (χ1n) is 6.16. The molecule has 0 aliphatic carbocycles. The summed E-state index contributed by atoms with van der Waals surface area (Å²) in [5, 5.41) is 3.24. The maximum absolute atomic E-state index is 5.54. The Kier molecular flexibility index (Phi) is 7.63. The van der Waals surface area contributed by atoms with Crippen LogP contribution in [0.25, 0.3) is 0 Å². The molecule has 0 heterocycles. The van der Waals surface area contributed by atoms with Crippen molar-refractivity contribution in [2.24, 2.45) is 0 Å². The minimum atomic E-state index is 0.753. The van der Waals surface area contributed by atoms with Crippen molar-refractivity contribution in [3.05, 3.63) is 35.4 Å². The van der Waals surface area contributed by atoms with Crippen LogP contribution in [0, 0.1) is 6.92 Å². The summed E-state index contributed by atoms with van der Waals surface area (Å²) in [6.45, 7) is 6.18. The standard InChI is InChI=1S/C14H23NO2/c1-13-3-5-14(6-4-13)7-10-17-12-9-15-8-11-16-2/h3-6,15H,7-12H2,1-2H3. The summed E-state index contributed by atoms with van der Waals surface area (Å²) in [4.78, 5) is 0. The number of hydrogen-bond donors (Lipinski definition) is 1. The molecule has 1 aromatic rings. The van der Waals surface area contributed by atoms with Crippen molar-refractivity contribution in [1.82, 2.24) is 5.32 Å². The van der Waals surface area contributed by atoms with E-state index in [9.17, 15) is 0 Å². The lowest BCUT2D eigenvalue weighted by Gasteiger charge is -2.06. The number of hydrogen-bond acceptors (Lipinski definition) is 3. The minimum absolute atomic E-state index is 0.753. The van der Waals surface area contributed by atoms with Crippen LogP contribution in [0.4, 0.5) is 0 Å². The zero-order valence-electron chi connectivity index (χ0n) is 10.9. The fourth-order valence-corrected chi connectivity index (χ4v) is 1.49. The minimum Gasteiger partial charge on any atom is -0.383 e. The monoisotopic (exact) mass is 237 g/mol. The zero-order valence-corrected chi connectivity index (χ0v) is 10.9. The van der Waals surface area contributed by atoms with Gasteiger partial charge in [0.05, 0.1) is 19.8 Å². The van der Waals surface area contributed by atoms with Gasteiger partial charge in [-0.3, -0.25) is 0 Å².